The number of rotatable bonds is 8. The van der Waals surface area contributed by atoms with E-state index < -0.39 is 15.9 Å². The molecule has 0 aromatic heterocycles. The lowest BCUT2D eigenvalue weighted by Gasteiger charge is -2.23. The average Bonchev–Trinajstić information content (AvgIpc) is 2.74. The second-order valence-electron chi connectivity index (χ2n) is 6.97. The van der Waals surface area contributed by atoms with Gasteiger partial charge in [-0.05, 0) is 48.4 Å². The number of aryl methyl sites for hydroxylation is 1. The Morgan fingerprint density at radius 2 is 1.77 bits per heavy atom. The van der Waals surface area contributed by atoms with Gasteiger partial charge >= 0.3 is 0 Å². The third kappa shape index (κ3) is 5.85. The Kier molecular flexibility index (Phi) is 7.33. The van der Waals surface area contributed by atoms with Crippen LogP contribution in [0.3, 0.4) is 0 Å². The summed E-state index contributed by atoms with van der Waals surface area (Å²) in [5.74, 6) is -0.298. The van der Waals surface area contributed by atoms with Crippen LogP contribution >= 0.6 is 11.6 Å². The van der Waals surface area contributed by atoms with E-state index in [-0.39, 0.29) is 28.8 Å². The molecule has 0 fully saturated rings. The molecule has 0 spiro atoms. The number of benzene rings is 3. The molecule has 0 radical (unpaired) electrons. The zero-order chi connectivity index (χ0) is 22.4. The van der Waals surface area contributed by atoms with Crippen molar-refractivity contribution in [2.75, 3.05) is 19.0 Å². The summed E-state index contributed by atoms with van der Waals surface area (Å²) >= 11 is 6.05. The van der Waals surface area contributed by atoms with Crippen molar-refractivity contribution >= 4 is 33.2 Å². The van der Waals surface area contributed by atoms with E-state index in [4.69, 9.17) is 16.3 Å². The Hall–Kier alpha value is -2.87. The zero-order valence-electron chi connectivity index (χ0n) is 17.2. The number of hydrogen-bond acceptors (Lipinski definition) is 4. The van der Waals surface area contributed by atoms with Crippen molar-refractivity contribution in [2.24, 2.45) is 0 Å². The smallest absolute Gasteiger partial charge is 0.247 e. The first kappa shape index (κ1) is 22.8. The molecule has 162 valence electrons. The van der Waals surface area contributed by atoms with Gasteiger partial charge in [0.2, 0.25) is 15.9 Å². The second-order valence-corrected chi connectivity index (χ2v) is 9.31. The molecule has 0 heterocycles. The lowest BCUT2D eigenvalue weighted by Crippen LogP contribution is -2.37. The SMILES string of the molecule is COc1ccc(Cl)cc1S(=O)(=O)N(CC(=O)Nc1cccc(C)c1)Cc1ccccc1. The van der Waals surface area contributed by atoms with E-state index >= 15 is 0 Å². The van der Waals surface area contributed by atoms with Crippen molar-refractivity contribution in [3.05, 3.63) is 88.9 Å². The molecule has 0 aliphatic heterocycles. The lowest BCUT2D eigenvalue weighted by molar-refractivity contribution is -0.116. The summed E-state index contributed by atoms with van der Waals surface area (Å²) in [4.78, 5) is 12.7. The molecule has 31 heavy (non-hydrogen) atoms. The van der Waals surface area contributed by atoms with Gasteiger partial charge in [0.15, 0.2) is 0 Å². The highest BCUT2D eigenvalue weighted by Gasteiger charge is 2.30. The van der Waals surface area contributed by atoms with Crippen LogP contribution < -0.4 is 10.1 Å². The van der Waals surface area contributed by atoms with Crippen LogP contribution in [-0.2, 0) is 21.4 Å². The van der Waals surface area contributed by atoms with Gasteiger partial charge in [0.1, 0.15) is 10.6 Å². The molecule has 1 amide bonds. The summed E-state index contributed by atoms with van der Waals surface area (Å²) in [5, 5.41) is 3.01. The van der Waals surface area contributed by atoms with Crippen molar-refractivity contribution in [1.29, 1.82) is 0 Å². The number of carbonyl (C=O) groups is 1. The molecule has 0 atom stereocenters. The molecule has 6 nitrogen and oxygen atoms in total. The molecule has 0 saturated heterocycles. The third-order valence-corrected chi connectivity index (χ3v) is 6.62. The number of halogens is 1. The van der Waals surface area contributed by atoms with Gasteiger partial charge in [0.05, 0.1) is 13.7 Å². The Morgan fingerprint density at radius 3 is 2.45 bits per heavy atom. The Balaban J connectivity index is 1.94. The highest BCUT2D eigenvalue weighted by molar-refractivity contribution is 7.89. The van der Waals surface area contributed by atoms with Crippen LogP contribution in [0.1, 0.15) is 11.1 Å². The maximum Gasteiger partial charge on any atom is 0.247 e. The molecule has 3 aromatic carbocycles. The summed E-state index contributed by atoms with van der Waals surface area (Å²) in [6.07, 6.45) is 0. The molecule has 1 N–H and O–H groups in total. The van der Waals surface area contributed by atoms with Crippen molar-refractivity contribution < 1.29 is 17.9 Å². The number of methoxy groups -OCH3 is 1. The Bertz CT molecular complexity index is 1170. The molecule has 0 bridgehead atoms. The number of anilines is 1. The van der Waals surface area contributed by atoms with Crippen molar-refractivity contribution in [3.8, 4) is 5.75 Å². The number of sulfonamides is 1. The van der Waals surface area contributed by atoms with Gasteiger partial charge in [-0.3, -0.25) is 4.79 Å². The van der Waals surface area contributed by atoms with Gasteiger partial charge in [-0.15, -0.1) is 0 Å². The number of nitrogens with one attached hydrogen (secondary N) is 1. The van der Waals surface area contributed by atoms with Gasteiger partial charge in [-0.25, -0.2) is 8.42 Å². The van der Waals surface area contributed by atoms with E-state index in [2.05, 4.69) is 5.32 Å². The summed E-state index contributed by atoms with van der Waals surface area (Å²) < 4.78 is 33.4. The van der Waals surface area contributed by atoms with Crippen molar-refractivity contribution in [1.82, 2.24) is 4.31 Å². The Morgan fingerprint density at radius 1 is 1.03 bits per heavy atom. The van der Waals surface area contributed by atoms with E-state index in [1.807, 2.05) is 43.3 Å². The van der Waals surface area contributed by atoms with E-state index in [0.717, 1.165) is 15.4 Å². The van der Waals surface area contributed by atoms with Gasteiger partial charge < -0.3 is 10.1 Å². The molecule has 0 aliphatic rings. The Labute approximate surface area is 187 Å². The topological polar surface area (TPSA) is 75.7 Å². The second kappa shape index (κ2) is 9.96. The number of ether oxygens (including phenoxy) is 1. The molecule has 3 aromatic rings. The lowest BCUT2D eigenvalue weighted by atomic mass is 10.2. The third-order valence-electron chi connectivity index (χ3n) is 4.57. The highest BCUT2D eigenvalue weighted by atomic mass is 35.5. The predicted octanol–water partition coefficient (Wildman–Crippen LogP) is 4.49. The van der Waals surface area contributed by atoms with Crippen LogP contribution in [0.15, 0.2) is 77.7 Å². The van der Waals surface area contributed by atoms with Gasteiger partial charge in [-0.1, -0.05) is 54.1 Å². The van der Waals surface area contributed by atoms with E-state index in [9.17, 15) is 13.2 Å². The van der Waals surface area contributed by atoms with Crippen LogP contribution in [0.2, 0.25) is 5.02 Å². The van der Waals surface area contributed by atoms with E-state index in [1.54, 1.807) is 24.3 Å². The minimum Gasteiger partial charge on any atom is -0.495 e. The number of hydrogen-bond donors (Lipinski definition) is 1. The first-order valence-electron chi connectivity index (χ1n) is 9.54. The van der Waals surface area contributed by atoms with Crippen molar-refractivity contribution in [3.63, 3.8) is 0 Å². The molecule has 0 saturated carbocycles. The fourth-order valence-electron chi connectivity index (χ4n) is 3.09. The summed E-state index contributed by atoms with van der Waals surface area (Å²) in [7, 11) is -2.71. The average molecular weight is 459 g/mol. The number of carbonyl (C=O) groups excluding carboxylic acids is 1. The monoisotopic (exact) mass is 458 g/mol. The fraction of sp³-hybridized carbons (Fsp3) is 0.174. The molecular weight excluding hydrogens is 436 g/mol. The summed E-state index contributed by atoms with van der Waals surface area (Å²) in [5.41, 5.74) is 2.33. The molecule has 0 unspecified atom stereocenters. The molecule has 0 aliphatic carbocycles. The van der Waals surface area contributed by atoms with Crippen LogP contribution in [0.4, 0.5) is 5.69 Å². The maximum absolute atomic E-state index is 13.5. The minimum atomic E-state index is -4.10. The van der Waals surface area contributed by atoms with E-state index in [0.29, 0.717) is 5.69 Å². The highest BCUT2D eigenvalue weighted by Crippen LogP contribution is 2.30. The van der Waals surface area contributed by atoms with Crippen LogP contribution in [0.25, 0.3) is 0 Å². The van der Waals surface area contributed by atoms with Gasteiger partial charge in [0, 0.05) is 17.3 Å². The van der Waals surface area contributed by atoms with Crippen LogP contribution in [-0.4, -0.2) is 32.3 Å². The van der Waals surface area contributed by atoms with E-state index in [1.165, 1.54) is 19.2 Å². The van der Waals surface area contributed by atoms with Crippen molar-refractivity contribution in [2.45, 2.75) is 18.4 Å². The quantitative estimate of drug-likeness (QED) is 0.539. The maximum atomic E-state index is 13.5. The molecule has 8 heteroatoms. The van der Waals surface area contributed by atoms with Gasteiger partial charge in [0.25, 0.3) is 0 Å². The number of amides is 1. The normalized spacial score (nSPS) is 11.4. The number of nitrogens with zero attached hydrogens (tertiary/aromatic N) is 1. The first-order valence-corrected chi connectivity index (χ1v) is 11.4. The summed E-state index contributed by atoms with van der Waals surface area (Å²) in [6.45, 7) is 1.55. The zero-order valence-corrected chi connectivity index (χ0v) is 18.8. The molecular formula is C23H23ClN2O4S. The molecule has 3 rings (SSSR count). The predicted molar refractivity (Wildman–Crippen MR) is 122 cm³/mol. The summed E-state index contributed by atoms with van der Waals surface area (Å²) in [6, 6.07) is 20.7. The standard InChI is InChI=1S/C23H23ClN2O4S/c1-17-7-6-10-20(13-17)25-23(27)16-26(15-18-8-4-3-5-9-18)31(28,29)22-14-19(24)11-12-21(22)30-2/h3-14H,15-16H2,1-2H3,(H,25,27). The minimum absolute atomic E-state index is 0.0140. The fourth-order valence-corrected chi connectivity index (χ4v) is 4.89. The van der Waals surface area contributed by atoms with Crippen LogP contribution in [0.5, 0.6) is 5.75 Å². The van der Waals surface area contributed by atoms with Gasteiger partial charge in [-0.2, -0.15) is 4.31 Å². The first-order chi connectivity index (χ1) is 14.8. The largest absolute Gasteiger partial charge is 0.495 e. The van der Waals surface area contributed by atoms with Crippen LogP contribution in [0, 0.1) is 6.92 Å².